The number of amides is 3. The quantitative estimate of drug-likeness (QED) is 0.849. The van der Waals surface area contributed by atoms with E-state index in [1.807, 2.05) is 13.0 Å². The summed E-state index contributed by atoms with van der Waals surface area (Å²) in [6.45, 7) is 2.31. The number of rotatable bonds is 5. The third-order valence-electron chi connectivity index (χ3n) is 3.90. The smallest absolute Gasteiger partial charge is 0.261 e. The van der Waals surface area contributed by atoms with Gasteiger partial charge in [-0.2, -0.15) is 0 Å². The second-order valence-electron chi connectivity index (χ2n) is 5.70. The van der Waals surface area contributed by atoms with Crippen molar-refractivity contribution in [1.29, 1.82) is 0 Å². The van der Waals surface area contributed by atoms with E-state index in [0.717, 1.165) is 16.0 Å². The lowest BCUT2D eigenvalue weighted by Crippen LogP contribution is -2.34. The molecule has 6 nitrogen and oxygen atoms in total. The van der Waals surface area contributed by atoms with Gasteiger partial charge in [-0.3, -0.25) is 24.3 Å². The van der Waals surface area contributed by atoms with Gasteiger partial charge < -0.3 is 5.32 Å². The van der Waals surface area contributed by atoms with Crippen LogP contribution in [-0.4, -0.2) is 34.2 Å². The molecule has 0 aliphatic carbocycles. The van der Waals surface area contributed by atoms with Gasteiger partial charge in [-0.25, -0.2) is 0 Å². The summed E-state index contributed by atoms with van der Waals surface area (Å²) in [6, 6.07) is 8.82. The summed E-state index contributed by atoms with van der Waals surface area (Å²) >= 11 is 0. The molecule has 0 unspecified atom stereocenters. The average Bonchev–Trinajstić information content (AvgIpc) is 2.82. The lowest BCUT2D eigenvalue weighted by molar-refractivity contribution is -0.121. The van der Waals surface area contributed by atoms with Crippen LogP contribution in [0.2, 0.25) is 0 Å². The monoisotopic (exact) mass is 323 g/mol. The summed E-state index contributed by atoms with van der Waals surface area (Å²) in [5.74, 6) is -0.889. The molecule has 2 aromatic rings. The van der Waals surface area contributed by atoms with Crippen molar-refractivity contribution in [2.45, 2.75) is 19.9 Å². The number of carbonyl (C=O) groups excluding carboxylic acids is 3. The lowest BCUT2D eigenvalue weighted by Gasteiger charge is -2.13. The Bertz CT molecular complexity index is 802. The normalized spacial score (nSPS) is 13.1. The predicted molar refractivity (Wildman–Crippen MR) is 87.2 cm³/mol. The fraction of sp³-hybridized carbons (Fsp3) is 0.222. The van der Waals surface area contributed by atoms with Crippen molar-refractivity contribution in [2.75, 3.05) is 6.54 Å². The van der Waals surface area contributed by atoms with Crippen LogP contribution in [0.4, 0.5) is 0 Å². The molecule has 0 saturated heterocycles. The van der Waals surface area contributed by atoms with E-state index < -0.39 is 0 Å². The number of nitrogens with zero attached hydrogens (tertiary/aromatic N) is 2. The maximum absolute atomic E-state index is 12.3. The highest BCUT2D eigenvalue weighted by Gasteiger charge is 2.35. The molecule has 0 atom stereocenters. The van der Waals surface area contributed by atoms with Gasteiger partial charge in [0.15, 0.2) is 0 Å². The van der Waals surface area contributed by atoms with E-state index in [1.165, 1.54) is 0 Å². The molecular weight excluding hydrogens is 306 g/mol. The molecule has 0 fully saturated rings. The number of benzene rings is 1. The van der Waals surface area contributed by atoms with Gasteiger partial charge in [-0.05, 0) is 30.7 Å². The molecule has 24 heavy (non-hydrogen) atoms. The molecule has 2 heterocycles. The molecule has 3 amide bonds. The molecule has 0 bridgehead atoms. The van der Waals surface area contributed by atoms with Crippen LogP contribution in [-0.2, 0) is 11.3 Å². The highest BCUT2D eigenvalue weighted by molar-refractivity contribution is 6.21. The van der Waals surface area contributed by atoms with Gasteiger partial charge >= 0.3 is 0 Å². The third-order valence-corrected chi connectivity index (χ3v) is 3.90. The zero-order valence-electron chi connectivity index (χ0n) is 13.3. The summed E-state index contributed by atoms with van der Waals surface area (Å²) in [5, 5.41) is 2.75. The Labute approximate surface area is 139 Å². The molecular formula is C18H17N3O3. The largest absolute Gasteiger partial charge is 0.352 e. The van der Waals surface area contributed by atoms with E-state index in [9.17, 15) is 14.4 Å². The highest BCUT2D eigenvalue weighted by Crippen LogP contribution is 2.23. The molecule has 1 aromatic carbocycles. The summed E-state index contributed by atoms with van der Waals surface area (Å²) in [6.07, 6.45) is 3.41. The van der Waals surface area contributed by atoms with Gasteiger partial charge in [0.25, 0.3) is 11.8 Å². The summed E-state index contributed by atoms with van der Waals surface area (Å²) < 4.78 is 0. The number of imide groups is 1. The topological polar surface area (TPSA) is 79.4 Å². The number of pyridine rings is 1. The van der Waals surface area contributed by atoms with Crippen molar-refractivity contribution in [2.24, 2.45) is 0 Å². The third kappa shape index (κ3) is 3.17. The summed E-state index contributed by atoms with van der Waals surface area (Å²) in [7, 11) is 0. The van der Waals surface area contributed by atoms with E-state index in [0.29, 0.717) is 17.7 Å². The van der Waals surface area contributed by atoms with Crippen molar-refractivity contribution < 1.29 is 14.4 Å². The first-order valence-corrected chi connectivity index (χ1v) is 7.68. The van der Waals surface area contributed by atoms with E-state index in [1.54, 1.807) is 36.7 Å². The van der Waals surface area contributed by atoms with Crippen LogP contribution in [0.15, 0.2) is 42.7 Å². The van der Waals surface area contributed by atoms with Gasteiger partial charge in [0.05, 0.1) is 11.1 Å². The first kappa shape index (κ1) is 15.9. The molecule has 0 radical (unpaired) electrons. The Morgan fingerprint density at radius 1 is 1.17 bits per heavy atom. The molecule has 0 spiro atoms. The van der Waals surface area contributed by atoms with Gasteiger partial charge in [0.1, 0.15) is 0 Å². The Morgan fingerprint density at radius 2 is 1.96 bits per heavy atom. The first-order chi connectivity index (χ1) is 11.6. The van der Waals surface area contributed by atoms with Gasteiger partial charge in [0, 0.05) is 31.9 Å². The molecule has 1 aliphatic rings. The standard InChI is InChI=1S/C18H17N3O3/c1-12-4-5-14-15(9-12)18(24)21(17(14)23)8-6-16(22)20-11-13-3-2-7-19-10-13/h2-5,7,9-10H,6,8,11H2,1H3,(H,20,22). The van der Waals surface area contributed by atoms with Crippen molar-refractivity contribution in [1.82, 2.24) is 15.2 Å². The lowest BCUT2D eigenvalue weighted by atomic mass is 10.1. The number of aromatic nitrogens is 1. The zero-order valence-corrected chi connectivity index (χ0v) is 13.3. The Morgan fingerprint density at radius 3 is 2.71 bits per heavy atom. The van der Waals surface area contributed by atoms with Gasteiger partial charge in [-0.15, -0.1) is 0 Å². The molecule has 1 aliphatic heterocycles. The van der Waals surface area contributed by atoms with Gasteiger partial charge in [-0.1, -0.05) is 17.7 Å². The van der Waals surface area contributed by atoms with Crippen molar-refractivity contribution in [3.63, 3.8) is 0 Å². The van der Waals surface area contributed by atoms with E-state index in [2.05, 4.69) is 10.3 Å². The zero-order chi connectivity index (χ0) is 17.1. The second kappa shape index (κ2) is 6.62. The Hall–Kier alpha value is -3.02. The molecule has 6 heteroatoms. The second-order valence-corrected chi connectivity index (χ2v) is 5.70. The van der Waals surface area contributed by atoms with Crippen LogP contribution < -0.4 is 5.32 Å². The van der Waals surface area contributed by atoms with Crippen LogP contribution >= 0.6 is 0 Å². The molecule has 1 aromatic heterocycles. The van der Waals surface area contributed by atoms with Crippen LogP contribution in [0.25, 0.3) is 0 Å². The molecule has 1 N–H and O–H groups in total. The number of fused-ring (bicyclic) bond motifs is 1. The van der Waals surface area contributed by atoms with Crippen LogP contribution in [0, 0.1) is 6.92 Å². The summed E-state index contributed by atoms with van der Waals surface area (Å²) in [4.78, 5) is 41.6. The van der Waals surface area contributed by atoms with Crippen molar-refractivity contribution in [3.05, 3.63) is 65.0 Å². The number of hydrogen-bond acceptors (Lipinski definition) is 4. The molecule has 0 saturated carbocycles. The maximum Gasteiger partial charge on any atom is 0.261 e. The minimum Gasteiger partial charge on any atom is -0.352 e. The van der Waals surface area contributed by atoms with Crippen molar-refractivity contribution >= 4 is 17.7 Å². The number of aryl methyl sites for hydroxylation is 1. The van der Waals surface area contributed by atoms with Gasteiger partial charge in [0.2, 0.25) is 5.91 Å². The van der Waals surface area contributed by atoms with Crippen LogP contribution in [0.1, 0.15) is 38.3 Å². The highest BCUT2D eigenvalue weighted by atomic mass is 16.2. The van der Waals surface area contributed by atoms with Crippen LogP contribution in [0.3, 0.4) is 0 Å². The minimum absolute atomic E-state index is 0.0737. The van der Waals surface area contributed by atoms with E-state index in [4.69, 9.17) is 0 Å². The molecule has 3 rings (SSSR count). The minimum atomic E-state index is -0.338. The van der Waals surface area contributed by atoms with Crippen molar-refractivity contribution in [3.8, 4) is 0 Å². The Balaban J connectivity index is 1.56. The Kier molecular flexibility index (Phi) is 4.37. The fourth-order valence-electron chi connectivity index (χ4n) is 2.61. The number of hydrogen-bond donors (Lipinski definition) is 1. The van der Waals surface area contributed by atoms with E-state index >= 15 is 0 Å². The number of carbonyl (C=O) groups is 3. The van der Waals surface area contributed by atoms with Crippen LogP contribution in [0.5, 0.6) is 0 Å². The number of nitrogens with one attached hydrogen (secondary N) is 1. The predicted octanol–water partition coefficient (Wildman–Crippen LogP) is 1.69. The first-order valence-electron chi connectivity index (χ1n) is 7.68. The van der Waals surface area contributed by atoms with E-state index in [-0.39, 0.29) is 30.7 Å². The molecule has 122 valence electrons. The average molecular weight is 323 g/mol. The fourth-order valence-corrected chi connectivity index (χ4v) is 2.61. The summed E-state index contributed by atoms with van der Waals surface area (Å²) in [5.41, 5.74) is 2.63. The SMILES string of the molecule is Cc1ccc2c(c1)C(=O)N(CCC(=O)NCc1cccnc1)C2=O. The maximum atomic E-state index is 12.3.